The number of amides is 1. The molecule has 1 heterocycles. The lowest BCUT2D eigenvalue weighted by molar-refractivity contribution is 0.110. The van der Waals surface area contributed by atoms with Gasteiger partial charge in [0.25, 0.3) is 0 Å². The average Bonchev–Trinajstić information content (AvgIpc) is 2.70. The van der Waals surface area contributed by atoms with E-state index in [1.54, 1.807) is 0 Å². The average molecular weight is 263 g/mol. The predicted molar refractivity (Wildman–Crippen MR) is 73.2 cm³/mol. The second kappa shape index (κ2) is 6.45. The summed E-state index contributed by atoms with van der Waals surface area (Å²) in [5.41, 5.74) is 0. The third-order valence-corrected chi connectivity index (χ3v) is 3.15. The van der Waals surface area contributed by atoms with E-state index in [1.807, 2.05) is 30.3 Å². The number of carbonyl (C=O) groups is 1. The van der Waals surface area contributed by atoms with Gasteiger partial charge in [-0.25, -0.2) is 4.79 Å². The first kappa shape index (κ1) is 13.7. The zero-order chi connectivity index (χ0) is 13.7. The Hall–Kier alpha value is -1.71. The molecular weight excluding hydrogens is 242 g/mol. The Morgan fingerprint density at radius 1 is 1.32 bits per heavy atom. The summed E-state index contributed by atoms with van der Waals surface area (Å²) in [4.78, 5) is 11.3. The van der Waals surface area contributed by atoms with Crippen LogP contribution in [0.15, 0.2) is 30.3 Å². The van der Waals surface area contributed by atoms with Crippen molar-refractivity contribution in [2.24, 2.45) is 5.92 Å². The molecule has 2 atom stereocenters. The lowest BCUT2D eigenvalue weighted by Crippen LogP contribution is -2.33. The highest BCUT2D eigenvalue weighted by Crippen LogP contribution is 2.19. The van der Waals surface area contributed by atoms with Gasteiger partial charge in [0.15, 0.2) is 0 Å². The van der Waals surface area contributed by atoms with Gasteiger partial charge in [-0.15, -0.1) is 0 Å². The molecule has 0 aromatic heterocycles. The second-order valence-electron chi connectivity index (χ2n) is 5.27. The van der Waals surface area contributed by atoms with Gasteiger partial charge < -0.3 is 14.8 Å². The smallest absolute Gasteiger partial charge is 0.407 e. The predicted octanol–water partition coefficient (Wildman–Crippen LogP) is 2.98. The molecule has 0 spiro atoms. The van der Waals surface area contributed by atoms with Crippen molar-refractivity contribution in [2.45, 2.75) is 38.8 Å². The summed E-state index contributed by atoms with van der Waals surface area (Å²) >= 11 is 0. The van der Waals surface area contributed by atoms with Crippen molar-refractivity contribution in [3.05, 3.63) is 30.3 Å². The van der Waals surface area contributed by atoms with Crippen molar-refractivity contribution < 1.29 is 14.3 Å². The van der Waals surface area contributed by atoms with Crippen LogP contribution in [0, 0.1) is 5.92 Å². The van der Waals surface area contributed by atoms with E-state index < -0.39 is 0 Å². The van der Waals surface area contributed by atoms with Gasteiger partial charge in [0.1, 0.15) is 11.9 Å². The first-order chi connectivity index (χ1) is 9.15. The van der Waals surface area contributed by atoms with Crippen LogP contribution in [0.25, 0.3) is 0 Å². The van der Waals surface area contributed by atoms with Crippen LogP contribution in [0.4, 0.5) is 4.79 Å². The van der Waals surface area contributed by atoms with E-state index in [4.69, 9.17) is 9.47 Å². The largest absolute Gasteiger partial charge is 0.493 e. The quantitative estimate of drug-likeness (QED) is 0.858. The number of alkyl carbamates (subject to hydrolysis) is 1. The normalized spacial score (nSPS) is 22.2. The molecule has 1 aromatic rings. The lowest BCUT2D eigenvalue weighted by Gasteiger charge is -2.18. The van der Waals surface area contributed by atoms with Gasteiger partial charge in [0.05, 0.1) is 12.6 Å². The molecule has 1 N–H and O–H groups in total. The van der Waals surface area contributed by atoms with E-state index in [2.05, 4.69) is 19.2 Å². The molecule has 4 heteroatoms. The molecule has 2 unspecified atom stereocenters. The number of para-hydroxylation sites is 1. The minimum absolute atomic E-state index is 0.0846. The van der Waals surface area contributed by atoms with Crippen LogP contribution in [-0.4, -0.2) is 24.8 Å². The number of benzene rings is 1. The number of ether oxygens (including phenoxy) is 2. The molecule has 0 aliphatic carbocycles. The summed E-state index contributed by atoms with van der Waals surface area (Å²) in [6, 6.07) is 9.78. The van der Waals surface area contributed by atoms with Crippen molar-refractivity contribution in [3.8, 4) is 5.75 Å². The van der Waals surface area contributed by atoms with Crippen LogP contribution in [0.1, 0.15) is 26.7 Å². The number of hydrogen-bond donors (Lipinski definition) is 1. The maximum Gasteiger partial charge on any atom is 0.407 e. The molecule has 104 valence electrons. The molecule has 1 saturated heterocycles. The van der Waals surface area contributed by atoms with E-state index >= 15 is 0 Å². The minimum Gasteiger partial charge on any atom is -0.493 e. The zero-order valence-corrected chi connectivity index (χ0v) is 11.5. The van der Waals surface area contributed by atoms with Crippen LogP contribution in [0.2, 0.25) is 0 Å². The van der Waals surface area contributed by atoms with Crippen molar-refractivity contribution in [2.75, 3.05) is 6.61 Å². The van der Waals surface area contributed by atoms with Gasteiger partial charge in [-0.2, -0.15) is 0 Å². The Bertz CT molecular complexity index is 405. The van der Waals surface area contributed by atoms with Crippen molar-refractivity contribution >= 4 is 6.09 Å². The Morgan fingerprint density at radius 2 is 2.05 bits per heavy atom. The molecule has 0 bridgehead atoms. The molecule has 0 radical (unpaired) electrons. The maximum absolute atomic E-state index is 11.3. The summed E-state index contributed by atoms with van der Waals surface area (Å²) in [7, 11) is 0. The summed E-state index contributed by atoms with van der Waals surface area (Å²) in [5.74, 6) is 1.38. The molecule has 1 amide bonds. The fourth-order valence-corrected chi connectivity index (χ4v) is 2.29. The highest BCUT2D eigenvalue weighted by atomic mass is 16.6. The van der Waals surface area contributed by atoms with Crippen molar-refractivity contribution in [1.82, 2.24) is 5.32 Å². The Balaban J connectivity index is 1.79. The van der Waals surface area contributed by atoms with E-state index in [1.165, 1.54) is 0 Å². The van der Waals surface area contributed by atoms with Gasteiger partial charge in [0, 0.05) is 6.42 Å². The third-order valence-electron chi connectivity index (χ3n) is 3.15. The molecule has 4 nitrogen and oxygen atoms in total. The van der Waals surface area contributed by atoms with E-state index in [9.17, 15) is 4.79 Å². The van der Waals surface area contributed by atoms with Gasteiger partial charge in [-0.05, 0) is 24.5 Å². The first-order valence-electron chi connectivity index (χ1n) is 6.80. The SMILES string of the molecule is CC(C)CC1NC(=O)OC1CCOc1ccccc1. The molecular formula is C15H21NO3. The number of cyclic esters (lactones) is 1. The van der Waals surface area contributed by atoms with Crippen LogP contribution >= 0.6 is 0 Å². The minimum atomic E-state index is -0.310. The molecule has 0 saturated carbocycles. The van der Waals surface area contributed by atoms with Crippen LogP contribution in [0.3, 0.4) is 0 Å². The maximum atomic E-state index is 11.3. The Labute approximate surface area is 114 Å². The Morgan fingerprint density at radius 3 is 2.74 bits per heavy atom. The summed E-state index contributed by atoms with van der Waals surface area (Å²) in [6.07, 6.45) is 1.25. The number of carbonyl (C=O) groups excluding carboxylic acids is 1. The fraction of sp³-hybridized carbons (Fsp3) is 0.533. The summed E-state index contributed by atoms with van der Waals surface area (Å²) < 4.78 is 10.9. The van der Waals surface area contributed by atoms with E-state index in [0.717, 1.165) is 12.2 Å². The molecule has 1 aliphatic heterocycles. The monoisotopic (exact) mass is 263 g/mol. The standard InChI is InChI=1S/C15H21NO3/c1-11(2)10-13-14(19-15(17)16-13)8-9-18-12-6-4-3-5-7-12/h3-7,11,13-14H,8-10H2,1-2H3,(H,16,17). The molecule has 2 rings (SSSR count). The number of rotatable bonds is 6. The molecule has 19 heavy (non-hydrogen) atoms. The van der Waals surface area contributed by atoms with Gasteiger partial charge in [-0.1, -0.05) is 32.0 Å². The van der Waals surface area contributed by atoms with Crippen molar-refractivity contribution in [1.29, 1.82) is 0 Å². The number of hydrogen-bond acceptors (Lipinski definition) is 3. The fourth-order valence-electron chi connectivity index (χ4n) is 2.29. The number of nitrogens with one attached hydrogen (secondary N) is 1. The van der Waals surface area contributed by atoms with Crippen LogP contribution < -0.4 is 10.1 Å². The van der Waals surface area contributed by atoms with Crippen LogP contribution in [-0.2, 0) is 4.74 Å². The lowest BCUT2D eigenvalue weighted by atomic mass is 9.98. The first-order valence-corrected chi connectivity index (χ1v) is 6.80. The van der Waals surface area contributed by atoms with Gasteiger partial charge in [-0.3, -0.25) is 0 Å². The summed E-state index contributed by atoms with van der Waals surface area (Å²) in [5, 5.41) is 2.87. The van der Waals surface area contributed by atoms with Gasteiger partial charge in [0.2, 0.25) is 0 Å². The highest BCUT2D eigenvalue weighted by Gasteiger charge is 2.33. The highest BCUT2D eigenvalue weighted by molar-refractivity contribution is 5.70. The van der Waals surface area contributed by atoms with Crippen molar-refractivity contribution in [3.63, 3.8) is 0 Å². The topological polar surface area (TPSA) is 47.6 Å². The summed E-state index contributed by atoms with van der Waals surface area (Å²) in [6.45, 7) is 4.84. The third kappa shape index (κ3) is 4.16. The molecule has 1 aliphatic rings. The molecule has 1 aromatic carbocycles. The molecule has 1 fully saturated rings. The van der Waals surface area contributed by atoms with E-state index in [-0.39, 0.29) is 18.2 Å². The van der Waals surface area contributed by atoms with Gasteiger partial charge >= 0.3 is 6.09 Å². The zero-order valence-electron chi connectivity index (χ0n) is 11.5. The van der Waals surface area contributed by atoms with E-state index in [0.29, 0.717) is 18.9 Å². The van der Waals surface area contributed by atoms with Crippen LogP contribution in [0.5, 0.6) is 5.75 Å². The Kier molecular flexibility index (Phi) is 4.66. The second-order valence-corrected chi connectivity index (χ2v) is 5.27.